The van der Waals surface area contributed by atoms with Crippen molar-refractivity contribution in [3.63, 3.8) is 0 Å². The number of carbonyl (C=O) groups is 2. The van der Waals surface area contributed by atoms with E-state index in [1.54, 1.807) is 26.5 Å². The zero-order chi connectivity index (χ0) is 24.6. The van der Waals surface area contributed by atoms with Gasteiger partial charge in [0.15, 0.2) is 5.78 Å². The summed E-state index contributed by atoms with van der Waals surface area (Å²) in [5.74, 6) is 0.799. The number of nitrogens with zero attached hydrogens (tertiary/aromatic N) is 1. The molecule has 178 valence electrons. The third-order valence-electron chi connectivity index (χ3n) is 6.39. The quantitative estimate of drug-likeness (QED) is 0.674. The van der Waals surface area contributed by atoms with E-state index in [4.69, 9.17) is 9.47 Å². The second kappa shape index (κ2) is 8.97. The maximum Gasteiger partial charge on any atom is 0.255 e. The molecule has 0 spiro atoms. The van der Waals surface area contributed by atoms with Crippen molar-refractivity contribution in [3.05, 3.63) is 70.2 Å². The van der Waals surface area contributed by atoms with Gasteiger partial charge < -0.3 is 20.1 Å². The molecule has 1 aromatic carbocycles. The molecule has 4 rings (SSSR count). The summed E-state index contributed by atoms with van der Waals surface area (Å²) in [5.41, 5.74) is 4.23. The summed E-state index contributed by atoms with van der Waals surface area (Å²) >= 11 is 0. The molecule has 1 amide bonds. The topological polar surface area (TPSA) is 89.5 Å². The van der Waals surface area contributed by atoms with Gasteiger partial charge in [-0.2, -0.15) is 0 Å². The van der Waals surface area contributed by atoms with Gasteiger partial charge in [0.05, 0.1) is 20.1 Å². The van der Waals surface area contributed by atoms with Crippen LogP contribution in [0.2, 0.25) is 0 Å². The number of hydrogen-bond donors (Lipinski definition) is 2. The number of carbonyl (C=O) groups excluding carboxylic acids is 2. The zero-order valence-electron chi connectivity index (χ0n) is 20.5. The molecule has 2 N–H and O–H groups in total. The first-order valence-electron chi connectivity index (χ1n) is 11.3. The van der Waals surface area contributed by atoms with Crippen LogP contribution in [0.15, 0.2) is 59.1 Å². The van der Waals surface area contributed by atoms with Crippen LogP contribution in [0.1, 0.15) is 50.7 Å². The first-order chi connectivity index (χ1) is 16.1. The van der Waals surface area contributed by atoms with Crippen molar-refractivity contribution in [3.8, 4) is 11.5 Å². The minimum Gasteiger partial charge on any atom is -0.497 e. The number of anilines is 1. The van der Waals surface area contributed by atoms with Gasteiger partial charge >= 0.3 is 0 Å². The van der Waals surface area contributed by atoms with Gasteiger partial charge in [0, 0.05) is 46.8 Å². The normalized spacial score (nSPS) is 19.4. The molecule has 7 heteroatoms. The SMILES string of the molecule is COc1ccc([C@@H]2C(C(=O)Nc3cc(C)ccn3)=C(C)NC3=C2C(=O)CC(C)(C)C3)c(OC)c1. The number of nitrogens with one attached hydrogen (secondary N) is 2. The van der Waals surface area contributed by atoms with E-state index in [0.717, 1.165) is 16.8 Å². The number of rotatable bonds is 5. The number of allylic oxidation sites excluding steroid dienone is 3. The van der Waals surface area contributed by atoms with Crippen molar-refractivity contribution < 1.29 is 19.1 Å². The Balaban J connectivity index is 1.86. The van der Waals surface area contributed by atoms with Crippen LogP contribution in [0.5, 0.6) is 11.5 Å². The van der Waals surface area contributed by atoms with Crippen LogP contribution in [0.3, 0.4) is 0 Å². The summed E-state index contributed by atoms with van der Waals surface area (Å²) in [7, 11) is 3.16. The third kappa shape index (κ3) is 4.42. The van der Waals surface area contributed by atoms with Gasteiger partial charge in [-0.3, -0.25) is 9.59 Å². The fourth-order valence-corrected chi connectivity index (χ4v) is 4.89. The Bertz CT molecular complexity index is 1230. The molecule has 2 aromatic rings. The number of benzene rings is 1. The molecular formula is C27H31N3O4. The van der Waals surface area contributed by atoms with E-state index in [-0.39, 0.29) is 17.1 Å². The summed E-state index contributed by atoms with van der Waals surface area (Å²) in [6, 6.07) is 9.15. The Hall–Kier alpha value is -3.61. The molecular weight excluding hydrogens is 430 g/mol. The fraction of sp³-hybridized carbons (Fsp3) is 0.370. The molecule has 2 heterocycles. The highest BCUT2D eigenvalue weighted by Gasteiger charge is 2.43. The maximum absolute atomic E-state index is 13.7. The summed E-state index contributed by atoms with van der Waals surface area (Å²) in [5, 5.41) is 6.31. The van der Waals surface area contributed by atoms with Gasteiger partial charge in [0.1, 0.15) is 17.3 Å². The lowest BCUT2D eigenvalue weighted by molar-refractivity contribution is -0.118. The Kier molecular flexibility index (Phi) is 6.21. The first-order valence-corrected chi connectivity index (χ1v) is 11.3. The summed E-state index contributed by atoms with van der Waals surface area (Å²) in [6.07, 6.45) is 2.78. The van der Waals surface area contributed by atoms with Crippen LogP contribution >= 0.6 is 0 Å². The molecule has 0 radical (unpaired) electrons. The summed E-state index contributed by atoms with van der Waals surface area (Å²) in [6.45, 7) is 7.99. The van der Waals surface area contributed by atoms with Crippen LogP contribution in [-0.2, 0) is 9.59 Å². The molecule has 1 aliphatic carbocycles. The van der Waals surface area contributed by atoms with Crippen LogP contribution in [0.25, 0.3) is 0 Å². The molecule has 0 unspecified atom stereocenters. The molecule has 0 bridgehead atoms. The van der Waals surface area contributed by atoms with Gasteiger partial charge in [-0.15, -0.1) is 0 Å². The van der Waals surface area contributed by atoms with Crippen LogP contribution < -0.4 is 20.1 Å². The van der Waals surface area contributed by atoms with Crippen molar-refractivity contribution in [2.24, 2.45) is 5.41 Å². The Labute approximate surface area is 200 Å². The van der Waals surface area contributed by atoms with Gasteiger partial charge in [0.2, 0.25) is 0 Å². The predicted molar refractivity (Wildman–Crippen MR) is 131 cm³/mol. The number of amides is 1. The molecule has 1 aliphatic heterocycles. The van der Waals surface area contributed by atoms with E-state index in [1.807, 2.05) is 38.1 Å². The number of methoxy groups -OCH3 is 2. The Morgan fingerprint density at radius 3 is 2.56 bits per heavy atom. The lowest BCUT2D eigenvalue weighted by Gasteiger charge is -2.40. The molecule has 0 fully saturated rings. The number of aromatic nitrogens is 1. The highest BCUT2D eigenvalue weighted by molar-refractivity contribution is 6.09. The average molecular weight is 462 g/mol. The fourth-order valence-electron chi connectivity index (χ4n) is 4.89. The minimum atomic E-state index is -0.578. The van der Waals surface area contributed by atoms with E-state index in [0.29, 0.717) is 47.0 Å². The van der Waals surface area contributed by atoms with E-state index < -0.39 is 5.92 Å². The number of dihydropyridines is 1. The molecule has 1 atom stereocenters. The van der Waals surface area contributed by atoms with Crippen molar-refractivity contribution >= 4 is 17.5 Å². The van der Waals surface area contributed by atoms with Crippen LogP contribution in [-0.4, -0.2) is 30.9 Å². The van der Waals surface area contributed by atoms with E-state index in [2.05, 4.69) is 29.5 Å². The number of ether oxygens (including phenoxy) is 2. The second-order valence-corrected chi connectivity index (χ2v) is 9.71. The molecule has 2 aliphatic rings. The first kappa shape index (κ1) is 23.5. The molecule has 0 saturated carbocycles. The highest BCUT2D eigenvalue weighted by Crippen LogP contribution is 2.49. The standard InChI is InChI=1S/C27H31N3O4/c1-15-9-10-28-22(11-15)30-26(32)23-16(2)29-19-13-27(3,4)14-20(31)25(19)24(23)18-8-7-17(33-5)12-21(18)34-6/h7-12,24,29H,13-14H2,1-6H3,(H,28,30,32)/t24-/m1/s1. The smallest absolute Gasteiger partial charge is 0.255 e. The van der Waals surface area contributed by atoms with E-state index in [1.165, 1.54) is 0 Å². The molecule has 1 aromatic heterocycles. The number of ketones is 1. The number of hydrogen-bond acceptors (Lipinski definition) is 6. The third-order valence-corrected chi connectivity index (χ3v) is 6.39. The Morgan fingerprint density at radius 2 is 1.88 bits per heavy atom. The predicted octanol–water partition coefficient (Wildman–Crippen LogP) is 4.65. The monoisotopic (exact) mass is 461 g/mol. The lowest BCUT2D eigenvalue weighted by Crippen LogP contribution is -2.39. The van der Waals surface area contributed by atoms with Crippen molar-refractivity contribution in [2.75, 3.05) is 19.5 Å². The summed E-state index contributed by atoms with van der Waals surface area (Å²) < 4.78 is 11.1. The molecule has 7 nitrogen and oxygen atoms in total. The van der Waals surface area contributed by atoms with Gasteiger partial charge in [0.25, 0.3) is 5.91 Å². The lowest BCUT2D eigenvalue weighted by atomic mass is 9.68. The van der Waals surface area contributed by atoms with Gasteiger partial charge in [-0.05, 0) is 49.4 Å². The van der Waals surface area contributed by atoms with Crippen molar-refractivity contribution in [2.45, 2.75) is 46.5 Å². The summed E-state index contributed by atoms with van der Waals surface area (Å²) in [4.78, 5) is 31.4. The number of aryl methyl sites for hydroxylation is 1. The van der Waals surface area contributed by atoms with Crippen LogP contribution in [0, 0.1) is 12.3 Å². The average Bonchev–Trinajstić information content (AvgIpc) is 2.76. The number of Topliss-reactive ketones (excluding diaryl/α,β-unsaturated/α-hetero) is 1. The van der Waals surface area contributed by atoms with E-state index >= 15 is 0 Å². The zero-order valence-corrected chi connectivity index (χ0v) is 20.5. The van der Waals surface area contributed by atoms with Crippen LogP contribution in [0.4, 0.5) is 5.82 Å². The van der Waals surface area contributed by atoms with Gasteiger partial charge in [-0.25, -0.2) is 4.98 Å². The number of pyridine rings is 1. The second-order valence-electron chi connectivity index (χ2n) is 9.71. The largest absolute Gasteiger partial charge is 0.497 e. The highest BCUT2D eigenvalue weighted by atomic mass is 16.5. The Morgan fingerprint density at radius 1 is 1.12 bits per heavy atom. The maximum atomic E-state index is 13.7. The molecule has 0 saturated heterocycles. The molecule has 34 heavy (non-hydrogen) atoms. The minimum absolute atomic E-state index is 0.0353. The van der Waals surface area contributed by atoms with Gasteiger partial charge in [-0.1, -0.05) is 19.9 Å². The van der Waals surface area contributed by atoms with Crippen molar-refractivity contribution in [1.82, 2.24) is 10.3 Å². The van der Waals surface area contributed by atoms with E-state index in [9.17, 15) is 9.59 Å². The van der Waals surface area contributed by atoms with Crippen molar-refractivity contribution in [1.29, 1.82) is 0 Å².